The third-order valence-corrected chi connectivity index (χ3v) is 2.83. The standard InChI is InChI=1S/C14H16N4O3/c1-8-13(9(2)18-17-8)14(20)16-10-4-3-5-11(6-10)21-7-12(15)19/h3-6H,7H2,1-2H3,(H2,15,19)(H,16,20)(H,17,18). The van der Waals surface area contributed by atoms with E-state index >= 15 is 0 Å². The number of primary amides is 1. The molecule has 0 saturated carbocycles. The molecule has 2 aromatic rings. The fraction of sp³-hybridized carbons (Fsp3) is 0.214. The topological polar surface area (TPSA) is 110 Å². The molecule has 0 saturated heterocycles. The van der Waals surface area contributed by atoms with Crippen LogP contribution < -0.4 is 15.8 Å². The molecule has 0 aliphatic heterocycles. The molecule has 0 atom stereocenters. The molecule has 21 heavy (non-hydrogen) atoms. The van der Waals surface area contributed by atoms with E-state index in [-0.39, 0.29) is 12.5 Å². The zero-order chi connectivity index (χ0) is 15.4. The molecule has 0 radical (unpaired) electrons. The van der Waals surface area contributed by atoms with Crippen LogP contribution in [-0.4, -0.2) is 28.6 Å². The number of aromatic nitrogens is 2. The van der Waals surface area contributed by atoms with Crippen molar-refractivity contribution in [3.05, 3.63) is 41.2 Å². The quantitative estimate of drug-likeness (QED) is 0.766. The molecule has 7 heteroatoms. The van der Waals surface area contributed by atoms with Crippen molar-refractivity contribution in [2.75, 3.05) is 11.9 Å². The molecule has 0 aliphatic rings. The first-order valence-electron chi connectivity index (χ1n) is 6.31. The SMILES string of the molecule is Cc1n[nH]c(C)c1C(=O)Nc1cccc(OCC(N)=O)c1. The molecule has 0 bridgehead atoms. The zero-order valence-corrected chi connectivity index (χ0v) is 11.8. The Morgan fingerprint density at radius 3 is 2.76 bits per heavy atom. The van der Waals surface area contributed by atoms with E-state index in [1.165, 1.54) is 0 Å². The van der Waals surface area contributed by atoms with Gasteiger partial charge in [-0.15, -0.1) is 0 Å². The van der Waals surface area contributed by atoms with Crippen molar-refractivity contribution in [3.8, 4) is 5.75 Å². The Morgan fingerprint density at radius 1 is 1.38 bits per heavy atom. The first-order valence-corrected chi connectivity index (χ1v) is 6.31. The molecule has 1 aromatic heterocycles. The smallest absolute Gasteiger partial charge is 0.259 e. The Balaban J connectivity index is 2.11. The lowest BCUT2D eigenvalue weighted by atomic mass is 10.2. The van der Waals surface area contributed by atoms with Crippen LogP contribution in [-0.2, 0) is 4.79 Å². The van der Waals surface area contributed by atoms with Crippen LogP contribution in [0.2, 0.25) is 0 Å². The van der Waals surface area contributed by atoms with Gasteiger partial charge >= 0.3 is 0 Å². The number of rotatable bonds is 5. The number of ether oxygens (including phenoxy) is 1. The summed E-state index contributed by atoms with van der Waals surface area (Å²) in [6.45, 7) is 3.32. The molecule has 2 amide bonds. The highest BCUT2D eigenvalue weighted by Gasteiger charge is 2.15. The number of hydrogen-bond acceptors (Lipinski definition) is 4. The van der Waals surface area contributed by atoms with Gasteiger partial charge in [0.05, 0.1) is 11.3 Å². The summed E-state index contributed by atoms with van der Waals surface area (Å²) in [5, 5.41) is 9.50. The Labute approximate surface area is 121 Å². The predicted molar refractivity (Wildman–Crippen MR) is 77.1 cm³/mol. The number of hydrogen-bond donors (Lipinski definition) is 3. The first kappa shape index (κ1) is 14.6. The molecule has 1 aromatic carbocycles. The van der Waals surface area contributed by atoms with E-state index in [4.69, 9.17) is 10.5 Å². The number of carbonyl (C=O) groups is 2. The van der Waals surface area contributed by atoms with Crippen molar-refractivity contribution >= 4 is 17.5 Å². The summed E-state index contributed by atoms with van der Waals surface area (Å²) < 4.78 is 5.18. The largest absolute Gasteiger partial charge is 0.484 e. The number of nitrogens with one attached hydrogen (secondary N) is 2. The average molecular weight is 288 g/mol. The minimum atomic E-state index is -0.561. The third-order valence-electron chi connectivity index (χ3n) is 2.83. The maximum absolute atomic E-state index is 12.2. The van der Waals surface area contributed by atoms with Crippen LogP contribution in [0.4, 0.5) is 5.69 Å². The second kappa shape index (κ2) is 6.08. The van der Waals surface area contributed by atoms with Gasteiger partial charge in [-0.05, 0) is 26.0 Å². The molecule has 2 rings (SSSR count). The summed E-state index contributed by atoms with van der Waals surface area (Å²) in [5.41, 5.74) is 7.41. The summed E-state index contributed by atoms with van der Waals surface area (Å²) in [5.74, 6) is -0.368. The zero-order valence-electron chi connectivity index (χ0n) is 11.8. The number of H-pyrrole nitrogens is 1. The molecule has 4 N–H and O–H groups in total. The van der Waals surface area contributed by atoms with Gasteiger partial charge in [0.25, 0.3) is 11.8 Å². The van der Waals surface area contributed by atoms with Gasteiger partial charge in [0.2, 0.25) is 0 Å². The van der Waals surface area contributed by atoms with Crippen LogP contribution in [0.3, 0.4) is 0 Å². The number of nitrogens with zero attached hydrogens (tertiary/aromatic N) is 1. The maximum atomic E-state index is 12.2. The van der Waals surface area contributed by atoms with Gasteiger partial charge in [0.1, 0.15) is 5.75 Å². The first-order chi connectivity index (χ1) is 9.97. The molecular weight excluding hydrogens is 272 g/mol. The van der Waals surface area contributed by atoms with Crippen molar-refractivity contribution in [1.82, 2.24) is 10.2 Å². The Kier molecular flexibility index (Phi) is 4.22. The number of amides is 2. The van der Waals surface area contributed by atoms with Crippen LogP contribution in [0.15, 0.2) is 24.3 Å². The maximum Gasteiger partial charge on any atom is 0.259 e. The van der Waals surface area contributed by atoms with Crippen LogP contribution in [0.1, 0.15) is 21.7 Å². The van der Waals surface area contributed by atoms with Gasteiger partial charge in [-0.3, -0.25) is 14.7 Å². The summed E-state index contributed by atoms with van der Waals surface area (Å²) in [6.07, 6.45) is 0. The number of aryl methyl sites for hydroxylation is 2. The normalized spacial score (nSPS) is 10.2. The Hall–Kier alpha value is -2.83. The molecule has 0 fully saturated rings. The lowest BCUT2D eigenvalue weighted by molar-refractivity contribution is -0.119. The summed E-state index contributed by atoms with van der Waals surface area (Å²) >= 11 is 0. The van der Waals surface area contributed by atoms with E-state index in [1.54, 1.807) is 38.1 Å². The molecule has 7 nitrogen and oxygen atoms in total. The van der Waals surface area contributed by atoms with Gasteiger partial charge in [-0.1, -0.05) is 6.07 Å². The number of aromatic amines is 1. The number of anilines is 1. The average Bonchev–Trinajstić information content (AvgIpc) is 2.76. The minimum absolute atomic E-state index is 0.211. The van der Waals surface area contributed by atoms with Gasteiger partial charge in [-0.2, -0.15) is 5.10 Å². The summed E-state index contributed by atoms with van der Waals surface area (Å²) in [4.78, 5) is 22.9. The third kappa shape index (κ3) is 3.59. The minimum Gasteiger partial charge on any atom is -0.484 e. The molecule has 110 valence electrons. The van der Waals surface area contributed by atoms with E-state index in [2.05, 4.69) is 15.5 Å². The van der Waals surface area contributed by atoms with Crippen molar-refractivity contribution in [3.63, 3.8) is 0 Å². The van der Waals surface area contributed by atoms with Crippen molar-refractivity contribution < 1.29 is 14.3 Å². The molecule has 0 unspecified atom stereocenters. The lowest BCUT2D eigenvalue weighted by Gasteiger charge is -2.08. The monoisotopic (exact) mass is 288 g/mol. The Bertz CT molecular complexity index is 659. The number of nitrogens with two attached hydrogens (primary N) is 1. The fourth-order valence-electron chi connectivity index (χ4n) is 1.90. The van der Waals surface area contributed by atoms with Crippen molar-refractivity contribution in [2.45, 2.75) is 13.8 Å². The van der Waals surface area contributed by atoms with Gasteiger partial charge in [0.15, 0.2) is 6.61 Å². The van der Waals surface area contributed by atoms with Crippen molar-refractivity contribution in [2.24, 2.45) is 5.73 Å². The number of carbonyl (C=O) groups excluding carboxylic acids is 2. The highest BCUT2D eigenvalue weighted by molar-refractivity contribution is 6.05. The van der Waals surface area contributed by atoms with Crippen LogP contribution in [0.25, 0.3) is 0 Å². The predicted octanol–water partition coefficient (Wildman–Crippen LogP) is 1.14. The summed E-state index contributed by atoms with van der Waals surface area (Å²) in [7, 11) is 0. The van der Waals surface area contributed by atoms with E-state index in [0.717, 1.165) is 0 Å². The van der Waals surface area contributed by atoms with Crippen molar-refractivity contribution in [1.29, 1.82) is 0 Å². The van der Waals surface area contributed by atoms with E-state index in [0.29, 0.717) is 28.4 Å². The highest BCUT2D eigenvalue weighted by atomic mass is 16.5. The molecule has 0 aliphatic carbocycles. The van der Waals surface area contributed by atoms with E-state index in [9.17, 15) is 9.59 Å². The number of benzene rings is 1. The highest BCUT2D eigenvalue weighted by Crippen LogP contribution is 2.19. The van der Waals surface area contributed by atoms with Gasteiger partial charge in [0, 0.05) is 17.4 Å². The molecular formula is C14H16N4O3. The molecule has 1 heterocycles. The lowest BCUT2D eigenvalue weighted by Crippen LogP contribution is -2.20. The van der Waals surface area contributed by atoms with Gasteiger partial charge < -0.3 is 15.8 Å². The second-order valence-electron chi connectivity index (χ2n) is 4.55. The molecule has 0 spiro atoms. The fourth-order valence-corrected chi connectivity index (χ4v) is 1.90. The van der Waals surface area contributed by atoms with Gasteiger partial charge in [-0.25, -0.2) is 0 Å². The van der Waals surface area contributed by atoms with E-state index < -0.39 is 5.91 Å². The summed E-state index contributed by atoms with van der Waals surface area (Å²) in [6, 6.07) is 6.72. The second-order valence-corrected chi connectivity index (χ2v) is 4.55. The van der Waals surface area contributed by atoms with Crippen LogP contribution >= 0.6 is 0 Å². The van der Waals surface area contributed by atoms with Crippen LogP contribution in [0, 0.1) is 13.8 Å². The Morgan fingerprint density at radius 2 is 2.14 bits per heavy atom. The van der Waals surface area contributed by atoms with Crippen LogP contribution in [0.5, 0.6) is 5.75 Å². The van der Waals surface area contributed by atoms with E-state index in [1.807, 2.05) is 0 Å².